The quantitative estimate of drug-likeness (QED) is 0.460. The van der Waals surface area contributed by atoms with Crippen molar-refractivity contribution in [2.24, 2.45) is 4.99 Å². The molecule has 0 saturated heterocycles. The minimum absolute atomic E-state index is 0.103. The standard InChI is InChI=1S/C23H32N2O/c1-16(2)25(8)15-24-21-12-18(4)22(13-17(21)3)26-20-11-9-10-19(14-20)23(5,6)7/h9-16H,1-8H3. The molecular weight excluding hydrogens is 320 g/mol. The third-order valence-corrected chi connectivity index (χ3v) is 4.61. The third-order valence-electron chi connectivity index (χ3n) is 4.61. The molecule has 0 spiro atoms. The van der Waals surface area contributed by atoms with E-state index in [1.807, 2.05) is 19.5 Å². The lowest BCUT2D eigenvalue weighted by molar-refractivity contribution is 0.429. The van der Waals surface area contributed by atoms with Crippen LogP contribution >= 0.6 is 0 Å². The van der Waals surface area contributed by atoms with Crippen molar-refractivity contribution in [3.8, 4) is 11.5 Å². The Bertz CT molecular complexity index is 785. The van der Waals surface area contributed by atoms with Crippen LogP contribution in [0.5, 0.6) is 11.5 Å². The van der Waals surface area contributed by atoms with Gasteiger partial charge in [-0.1, -0.05) is 32.9 Å². The molecule has 0 aliphatic heterocycles. The van der Waals surface area contributed by atoms with Crippen molar-refractivity contribution in [1.82, 2.24) is 4.90 Å². The van der Waals surface area contributed by atoms with Gasteiger partial charge in [0.1, 0.15) is 11.5 Å². The Morgan fingerprint density at radius 3 is 2.35 bits per heavy atom. The van der Waals surface area contributed by atoms with Gasteiger partial charge in [-0.2, -0.15) is 0 Å². The van der Waals surface area contributed by atoms with Gasteiger partial charge in [-0.3, -0.25) is 0 Å². The van der Waals surface area contributed by atoms with Crippen LogP contribution < -0.4 is 4.74 Å². The van der Waals surface area contributed by atoms with E-state index in [9.17, 15) is 0 Å². The van der Waals surface area contributed by atoms with Crippen molar-refractivity contribution in [2.45, 2.75) is 59.9 Å². The minimum atomic E-state index is 0.103. The van der Waals surface area contributed by atoms with Gasteiger partial charge in [0.2, 0.25) is 0 Å². The Balaban J connectivity index is 2.26. The molecule has 3 heteroatoms. The van der Waals surface area contributed by atoms with E-state index in [2.05, 4.69) is 88.7 Å². The highest BCUT2D eigenvalue weighted by molar-refractivity contribution is 5.65. The fourth-order valence-corrected chi connectivity index (χ4v) is 2.46. The Morgan fingerprint density at radius 1 is 1.04 bits per heavy atom. The summed E-state index contributed by atoms with van der Waals surface area (Å²) < 4.78 is 6.18. The summed E-state index contributed by atoms with van der Waals surface area (Å²) in [4.78, 5) is 6.72. The number of aryl methyl sites for hydroxylation is 2. The summed E-state index contributed by atoms with van der Waals surface area (Å²) in [7, 11) is 2.04. The first-order valence-electron chi connectivity index (χ1n) is 9.23. The average molecular weight is 353 g/mol. The van der Waals surface area contributed by atoms with Crippen LogP contribution in [0.2, 0.25) is 0 Å². The minimum Gasteiger partial charge on any atom is -0.457 e. The summed E-state index contributed by atoms with van der Waals surface area (Å²) >= 11 is 0. The van der Waals surface area contributed by atoms with Crippen molar-refractivity contribution in [3.63, 3.8) is 0 Å². The molecule has 0 aromatic heterocycles. The summed E-state index contributed by atoms with van der Waals surface area (Å²) in [5, 5.41) is 0. The van der Waals surface area contributed by atoms with Crippen LogP contribution in [0.1, 0.15) is 51.3 Å². The first-order chi connectivity index (χ1) is 12.1. The van der Waals surface area contributed by atoms with E-state index in [0.29, 0.717) is 6.04 Å². The number of nitrogens with zero attached hydrogens (tertiary/aromatic N) is 2. The second-order valence-electron chi connectivity index (χ2n) is 8.29. The van der Waals surface area contributed by atoms with Crippen molar-refractivity contribution < 1.29 is 4.74 Å². The summed E-state index contributed by atoms with van der Waals surface area (Å²) in [5.41, 5.74) is 4.53. The fourth-order valence-electron chi connectivity index (χ4n) is 2.46. The Hall–Kier alpha value is -2.29. The third kappa shape index (κ3) is 5.10. The molecule has 140 valence electrons. The SMILES string of the molecule is Cc1cc(Oc2cccc(C(C)(C)C)c2)c(C)cc1N=CN(C)C(C)C. The Labute approximate surface area is 158 Å². The second kappa shape index (κ2) is 7.94. The molecule has 2 aromatic carbocycles. The zero-order valence-corrected chi connectivity index (χ0v) is 17.4. The van der Waals surface area contributed by atoms with Crippen molar-refractivity contribution in [2.75, 3.05) is 7.05 Å². The number of aliphatic imine (C=N–C) groups is 1. The second-order valence-corrected chi connectivity index (χ2v) is 8.29. The lowest BCUT2D eigenvalue weighted by Gasteiger charge is -2.20. The smallest absolute Gasteiger partial charge is 0.130 e. The maximum absolute atomic E-state index is 6.18. The van der Waals surface area contributed by atoms with Gasteiger partial charge in [-0.15, -0.1) is 0 Å². The van der Waals surface area contributed by atoms with Crippen LogP contribution in [-0.4, -0.2) is 24.3 Å². The Kier molecular flexibility index (Phi) is 6.12. The molecular formula is C23H32N2O. The maximum atomic E-state index is 6.18. The summed E-state index contributed by atoms with van der Waals surface area (Å²) in [6.45, 7) is 15.1. The zero-order valence-electron chi connectivity index (χ0n) is 17.4. The lowest BCUT2D eigenvalue weighted by Crippen LogP contribution is -2.24. The molecule has 0 aliphatic carbocycles. The highest BCUT2D eigenvalue weighted by Crippen LogP contribution is 2.33. The predicted octanol–water partition coefficient (Wildman–Crippen LogP) is 6.39. The summed E-state index contributed by atoms with van der Waals surface area (Å²) in [6.07, 6.45) is 1.89. The summed E-state index contributed by atoms with van der Waals surface area (Å²) in [6, 6.07) is 12.9. The zero-order chi connectivity index (χ0) is 19.5. The van der Waals surface area contributed by atoms with Crippen LogP contribution in [0.25, 0.3) is 0 Å². The van der Waals surface area contributed by atoms with Crippen molar-refractivity contribution in [3.05, 3.63) is 53.1 Å². The number of benzene rings is 2. The molecule has 2 rings (SSSR count). The topological polar surface area (TPSA) is 24.8 Å². The number of rotatable bonds is 5. The molecule has 26 heavy (non-hydrogen) atoms. The van der Waals surface area contributed by atoms with Gasteiger partial charge in [0.05, 0.1) is 12.0 Å². The highest BCUT2D eigenvalue weighted by atomic mass is 16.5. The molecule has 2 aromatic rings. The van der Waals surface area contributed by atoms with Gasteiger partial charge in [0.15, 0.2) is 0 Å². The van der Waals surface area contributed by atoms with E-state index in [0.717, 1.165) is 28.3 Å². The van der Waals surface area contributed by atoms with Crippen LogP contribution in [0, 0.1) is 13.8 Å². The van der Waals surface area contributed by atoms with E-state index in [1.165, 1.54) is 5.56 Å². The van der Waals surface area contributed by atoms with Crippen LogP contribution in [0.15, 0.2) is 41.4 Å². The largest absolute Gasteiger partial charge is 0.457 e. The first-order valence-corrected chi connectivity index (χ1v) is 9.23. The van der Waals surface area contributed by atoms with Crippen molar-refractivity contribution in [1.29, 1.82) is 0 Å². The molecule has 0 N–H and O–H groups in total. The van der Waals surface area contributed by atoms with Gasteiger partial charge in [0, 0.05) is 13.1 Å². The summed E-state index contributed by atoms with van der Waals surface area (Å²) in [5.74, 6) is 1.75. The predicted molar refractivity (Wildman–Crippen MR) is 112 cm³/mol. The van der Waals surface area contributed by atoms with Gasteiger partial charge in [0.25, 0.3) is 0 Å². The normalized spacial score (nSPS) is 12.0. The molecule has 0 heterocycles. The van der Waals surface area contributed by atoms with E-state index in [-0.39, 0.29) is 5.41 Å². The Morgan fingerprint density at radius 2 is 1.73 bits per heavy atom. The first kappa shape index (κ1) is 20.0. The van der Waals surface area contributed by atoms with E-state index in [1.54, 1.807) is 0 Å². The molecule has 3 nitrogen and oxygen atoms in total. The molecule has 0 unspecified atom stereocenters. The molecule has 0 bridgehead atoms. The van der Waals surface area contributed by atoms with E-state index >= 15 is 0 Å². The van der Waals surface area contributed by atoms with Crippen molar-refractivity contribution >= 4 is 12.0 Å². The molecule has 0 fully saturated rings. The van der Waals surface area contributed by atoms with E-state index in [4.69, 9.17) is 4.74 Å². The van der Waals surface area contributed by atoms with Gasteiger partial charge in [-0.25, -0.2) is 4.99 Å². The number of hydrogen-bond donors (Lipinski definition) is 0. The molecule has 0 radical (unpaired) electrons. The van der Waals surface area contributed by atoms with Crippen LogP contribution in [-0.2, 0) is 5.41 Å². The molecule has 0 amide bonds. The van der Waals surface area contributed by atoms with E-state index < -0.39 is 0 Å². The van der Waals surface area contributed by atoms with Gasteiger partial charge in [-0.05, 0) is 74.1 Å². The highest BCUT2D eigenvalue weighted by Gasteiger charge is 2.14. The molecule has 0 atom stereocenters. The van der Waals surface area contributed by atoms with Crippen LogP contribution in [0.4, 0.5) is 5.69 Å². The number of ether oxygens (including phenoxy) is 1. The van der Waals surface area contributed by atoms with Gasteiger partial charge < -0.3 is 9.64 Å². The van der Waals surface area contributed by atoms with Gasteiger partial charge >= 0.3 is 0 Å². The average Bonchev–Trinajstić information content (AvgIpc) is 2.55. The number of hydrogen-bond acceptors (Lipinski definition) is 2. The molecule has 0 aliphatic rings. The fraction of sp³-hybridized carbons (Fsp3) is 0.435. The maximum Gasteiger partial charge on any atom is 0.130 e. The molecule has 0 saturated carbocycles. The monoisotopic (exact) mass is 352 g/mol. The lowest BCUT2D eigenvalue weighted by atomic mass is 9.87. The van der Waals surface area contributed by atoms with Crippen LogP contribution in [0.3, 0.4) is 0 Å².